The molecule has 24 heavy (non-hydrogen) atoms. The van der Waals surface area contributed by atoms with Crippen molar-refractivity contribution in [3.05, 3.63) is 17.3 Å². The molecule has 0 radical (unpaired) electrons. The van der Waals surface area contributed by atoms with Crippen LogP contribution < -0.4 is 10.6 Å². The van der Waals surface area contributed by atoms with Gasteiger partial charge in [-0.3, -0.25) is 5.32 Å². The van der Waals surface area contributed by atoms with Crippen LogP contribution in [0.1, 0.15) is 19.8 Å². The molecule has 0 aliphatic carbocycles. The van der Waals surface area contributed by atoms with Crippen molar-refractivity contribution >= 4 is 44.4 Å². The van der Waals surface area contributed by atoms with E-state index < -0.39 is 0 Å². The summed E-state index contributed by atoms with van der Waals surface area (Å²) in [4.78, 5) is 24.0. The Morgan fingerprint density at radius 2 is 2.21 bits per heavy atom. The highest BCUT2D eigenvalue weighted by molar-refractivity contribution is 7.22. The van der Waals surface area contributed by atoms with E-state index in [1.165, 1.54) is 37.3 Å². The maximum absolute atomic E-state index is 12.2. The SMILES string of the molecule is C[C@@]1(CNC(=O)Nc2nc3ccc(Cl)nc3s2)CN2CCC1CC2. The summed E-state index contributed by atoms with van der Waals surface area (Å²) in [7, 11) is 0. The van der Waals surface area contributed by atoms with Crippen molar-refractivity contribution < 1.29 is 4.79 Å². The average Bonchev–Trinajstić information content (AvgIpc) is 2.95. The Bertz CT molecular complexity index is 773. The zero-order valence-corrected chi connectivity index (χ0v) is 15.1. The molecular weight excluding hydrogens is 346 g/mol. The maximum atomic E-state index is 12.2. The first kappa shape index (κ1) is 16.1. The fourth-order valence-electron chi connectivity index (χ4n) is 3.90. The van der Waals surface area contributed by atoms with Crippen molar-refractivity contribution in [1.82, 2.24) is 20.2 Å². The Kier molecular flexibility index (Phi) is 4.10. The van der Waals surface area contributed by atoms with E-state index >= 15 is 0 Å². The lowest BCUT2D eigenvalue weighted by molar-refractivity contribution is -0.0140. The number of piperidine rings is 3. The molecule has 3 aliphatic heterocycles. The second kappa shape index (κ2) is 6.13. The van der Waals surface area contributed by atoms with Gasteiger partial charge in [0.2, 0.25) is 0 Å². The number of fused-ring (bicyclic) bond motifs is 4. The summed E-state index contributed by atoms with van der Waals surface area (Å²) in [5.74, 6) is 0.705. The Labute approximate surface area is 149 Å². The lowest BCUT2D eigenvalue weighted by atomic mass is 9.68. The molecule has 2 bridgehead atoms. The van der Waals surface area contributed by atoms with E-state index in [0.717, 1.165) is 16.9 Å². The molecule has 3 aliphatic rings. The Balaban J connectivity index is 1.37. The Morgan fingerprint density at radius 3 is 2.92 bits per heavy atom. The van der Waals surface area contributed by atoms with Crippen molar-refractivity contribution in [2.75, 3.05) is 31.5 Å². The number of halogens is 1. The average molecular weight is 366 g/mol. The molecule has 0 saturated carbocycles. The normalized spacial score (nSPS) is 28.9. The van der Waals surface area contributed by atoms with Gasteiger partial charge in [-0.1, -0.05) is 29.9 Å². The number of nitrogens with one attached hydrogen (secondary N) is 2. The van der Waals surface area contributed by atoms with Gasteiger partial charge in [-0.05, 0) is 44.0 Å². The van der Waals surface area contributed by atoms with Crippen molar-refractivity contribution in [1.29, 1.82) is 0 Å². The molecule has 0 spiro atoms. The fraction of sp³-hybridized carbons (Fsp3) is 0.562. The number of thiazole rings is 1. The summed E-state index contributed by atoms with van der Waals surface area (Å²) in [6.07, 6.45) is 2.48. The van der Waals surface area contributed by atoms with Crippen LogP contribution in [0.4, 0.5) is 9.93 Å². The minimum atomic E-state index is -0.210. The molecule has 6 nitrogen and oxygen atoms in total. The van der Waals surface area contributed by atoms with E-state index in [2.05, 4.69) is 32.4 Å². The minimum Gasteiger partial charge on any atom is -0.337 e. The first-order valence-corrected chi connectivity index (χ1v) is 9.42. The summed E-state index contributed by atoms with van der Waals surface area (Å²) >= 11 is 7.21. The second-order valence-corrected chi connectivity index (χ2v) is 8.35. The number of anilines is 1. The van der Waals surface area contributed by atoms with E-state index in [1.54, 1.807) is 12.1 Å². The summed E-state index contributed by atoms with van der Waals surface area (Å²) in [6.45, 7) is 6.45. The smallest absolute Gasteiger partial charge is 0.321 e. The molecule has 0 unspecified atom stereocenters. The van der Waals surface area contributed by atoms with E-state index in [9.17, 15) is 4.79 Å². The Hall–Kier alpha value is -1.44. The minimum absolute atomic E-state index is 0.163. The predicted molar refractivity (Wildman–Crippen MR) is 96.7 cm³/mol. The third-order valence-electron chi connectivity index (χ3n) is 5.25. The highest BCUT2D eigenvalue weighted by atomic mass is 35.5. The molecule has 5 heterocycles. The molecule has 2 aromatic heterocycles. The van der Waals surface area contributed by atoms with Crippen molar-refractivity contribution in [3.63, 3.8) is 0 Å². The van der Waals surface area contributed by atoms with Gasteiger partial charge in [0.1, 0.15) is 15.5 Å². The highest BCUT2D eigenvalue weighted by Gasteiger charge is 2.43. The molecule has 5 rings (SSSR count). The topological polar surface area (TPSA) is 70.1 Å². The third kappa shape index (κ3) is 3.08. The zero-order chi connectivity index (χ0) is 16.7. The quantitative estimate of drug-likeness (QED) is 0.819. The third-order valence-corrected chi connectivity index (χ3v) is 6.34. The lowest BCUT2D eigenvalue weighted by Crippen LogP contribution is -2.57. The number of carbonyl (C=O) groups excluding carboxylic acids is 1. The molecule has 0 aromatic carbocycles. The summed E-state index contributed by atoms with van der Waals surface area (Å²) < 4.78 is 0. The van der Waals surface area contributed by atoms with Gasteiger partial charge >= 0.3 is 6.03 Å². The Morgan fingerprint density at radius 1 is 1.42 bits per heavy atom. The number of hydrogen-bond donors (Lipinski definition) is 2. The van der Waals surface area contributed by atoms with Crippen molar-refractivity contribution in [2.24, 2.45) is 11.3 Å². The molecule has 2 aromatic rings. The molecule has 1 atom stereocenters. The number of carbonyl (C=O) groups is 1. The van der Waals surface area contributed by atoms with Crippen LogP contribution in [0, 0.1) is 11.3 Å². The predicted octanol–water partition coefficient (Wildman–Crippen LogP) is 3.20. The summed E-state index contributed by atoms with van der Waals surface area (Å²) in [6, 6.07) is 3.29. The van der Waals surface area contributed by atoms with Crippen molar-refractivity contribution in [2.45, 2.75) is 19.8 Å². The van der Waals surface area contributed by atoms with Crippen LogP contribution in [0.3, 0.4) is 0 Å². The van der Waals surface area contributed by atoms with Crippen LogP contribution in [-0.2, 0) is 0 Å². The zero-order valence-electron chi connectivity index (χ0n) is 13.5. The molecular formula is C16H20ClN5OS. The number of nitrogens with zero attached hydrogens (tertiary/aromatic N) is 3. The van der Waals surface area contributed by atoms with Gasteiger partial charge in [-0.25, -0.2) is 14.8 Å². The molecule has 3 saturated heterocycles. The first-order valence-electron chi connectivity index (χ1n) is 8.22. The largest absolute Gasteiger partial charge is 0.337 e. The monoisotopic (exact) mass is 365 g/mol. The van der Waals surface area contributed by atoms with Crippen LogP contribution in [0.15, 0.2) is 12.1 Å². The maximum Gasteiger partial charge on any atom is 0.321 e. The van der Waals surface area contributed by atoms with Crippen LogP contribution in [0.25, 0.3) is 10.3 Å². The molecule has 3 fully saturated rings. The van der Waals surface area contributed by atoms with Crippen LogP contribution in [0.2, 0.25) is 5.15 Å². The van der Waals surface area contributed by atoms with Gasteiger partial charge in [-0.15, -0.1) is 0 Å². The highest BCUT2D eigenvalue weighted by Crippen LogP contribution is 2.41. The van der Waals surface area contributed by atoms with Crippen LogP contribution in [-0.4, -0.2) is 47.1 Å². The van der Waals surface area contributed by atoms with Crippen LogP contribution in [0.5, 0.6) is 0 Å². The number of aromatic nitrogens is 2. The number of urea groups is 1. The fourth-order valence-corrected chi connectivity index (χ4v) is 4.93. The number of amides is 2. The van der Waals surface area contributed by atoms with E-state index in [4.69, 9.17) is 11.6 Å². The molecule has 2 N–H and O–H groups in total. The standard InChI is InChI=1S/C16H20ClN5OS/c1-16(9-22-6-4-10(16)5-7-22)8-18-14(23)21-15-19-11-2-3-12(17)20-13(11)24-15/h2-3,10H,4-9H2,1H3,(H2,18,19,21,23)/t16-/m1/s1. The molecule has 8 heteroatoms. The molecule has 128 valence electrons. The van der Waals surface area contributed by atoms with Gasteiger partial charge in [-0.2, -0.15) is 0 Å². The number of rotatable bonds is 3. The van der Waals surface area contributed by atoms with E-state index in [1.807, 2.05) is 0 Å². The number of pyridine rings is 1. The first-order chi connectivity index (χ1) is 11.5. The van der Waals surface area contributed by atoms with Crippen molar-refractivity contribution in [3.8, 4) is 0 Å². The summed E-state index contributed by atoms with van der Waals surface area (Å²) in [5, 5.41) is 6.80. The van der Waals surface area contributed by atoms with Crippen LogP contribution >= 0.6 is 22.9 Å². The van der Waals surface area contributed by atoms with Gasteiger partial charge in [0.05, 0.1) is 0 Å². The van der Waals surface area contributed by atoms with Gasteiger partial charge in [0, 0.05) is 18.5 Å². The summed E-state index contributed by atoms with van der Waals surface area (Å²) in [5.41, 5.74) is 0.903. The second-order valence-electron chi connectivity index (χ2n) is 6.99. The van der Waals surface area contributed by atoms with Gasteiger partial charge < -0.3 is 10.2 Å². The lowest BCUT2D eigenvalue weighted by Gasteiger charge is -2.51. The van der Waals surface area contributed by atoms with Gasteiger partial charge in [0.25, 0.3) is 0 Å². The van der Waals surface area contributed by atoms with E-state index in [-0.39, 0.29) is 11.4 Å². The van der Waals surface area contributed by atoms with E-state index in [0.29, 0.717) is 22.7 Å². The van der Waals surface area contributed by atoms with Gasteiger partial charge in [0.15, 0.2) is 5.13 Å². The molecule has 2 amide bonds. The number of hydrogen-bond acceptors (Lipinski definition) is 5.